The monoisotopic (exact) mass is 406 g/mol. The maximum Gasteiger partial charge on any atom is 0.248 e. The molecule has 0 atom stereocenters. The molecule has 0 fully saturated rings. The molecular weight excluding hydrogens is 383 g/mol. The van der Waals surface area contributed by atoms with Crippen molar-refractivity contribution in [3.63, 3.8) is 0 Å². The molecule has 2 aromatic carbocycles. The maximum absolute atomic E-state index is 12.9. The third-order valence-corrected chi connectivity index (χ3v) is 6.12. The van der Waals surface area contributed by atoms with Crippen molar-refractivity contribution in [3.05, 3.63) is 59.9 Å². The molecule has 0 saturated heterocycles. The summed E-state index contributed by atoms with van der Waals surface area (Å²) >= 11 is 0. The summed E-state index contributed by atoms with van der Waals surface area (Å²) in [6, 6.07) is 9.97. The van der Waals surface area contributed by atoms with Crippen LogP contribution in [0.1, 0.15) is 19.4 Å². The Morgan fingerprint density at radius 1 is 1.14 bits per heavy atom. The van der Waals surface area contributed by atoms with Gasteiger partial charge >= 0.3 is 0 Å². The number of anilines is 1. The van der Waals surface area contributed by atoms with E-state index in [4.69, 9.17) is 4.74 Å². The first-order chi connectivity index (χ1) is 13.3. The molecule has 2 aromatic rings. The van der Waals surface area contributed by atoms with E-state index in [-0.39, 0.29) is 16.4 Å². The van der Waals surface area contributed by atoms with Crippen molar-refractivity contribution >= 4 is 27.7 Å². The standard InChI is InChI=1S/C20H23FN2O4S/c1-4-23(5-2)28(25,26)17-11-12-19(27-3)18(14-17)22-20(24)13-8-15-6-9-16(21)10-7-15/h6-14H,4-5H2,1-3H3,(H,22,24)/b13-8+. The molecule has 0 heterocycles. The highest BCUT2D eigenvalue weighted by atomic mass is 32.2. The van der Waals surface area contributed by atoms with E-state index in [9.17, 15) is 17.6 Å². The van der Waals surface area contributed by atoms with Crippen LogP contribution in [-0.2, 0) is 14.8 Å². The van der Waals surface area contributed by atoms with Crippen molar-refractivity contribution < 1.29 is 22.3 Å². The van der Waals surface area contributed by atoms with Gasteiger partial charge in [0.05, 0.1) is 17.7 Å². The van der Waals surface area contributed by atoms with Gasteiger partial charge in [0, 0.05) is 19.2 Å². The van der Waals surface area contributed by atoms with Gasteiger partial charge in [0.25, 0.3) is 0 Å². The number of methoxy groups -OCH3 is 1. The van der Waals surface area contributed by atoms with Crippen LogP contribution in [0.5, 0.6) is 5.75 Å². The summed E-state index contributed by atoms with van der Waals surface area (Å²) < 4.78 is 44.9. The van der Waals surface area contributed by atoms with Crippen LogP contribution in [0.4, 0.5) is 10.1 Å². The van der Waals surface area contributed by atoms with E-state index in [1.54, 1.807) is 13.8 Å². The smallest absolute Gasteiger partial charge is 0.248 e. The third-order valence-electron chi connectivity index (χ3n) is 4.07. The van der Waals surface area contributed by atoms with E-state index in [0.717, 1.165) is 0 Å². The zero-order chi connectivity index (χ0) is 20.7. The maximum atomic E-state index is 12.9. The molecule has 0 saturated carbocycles. The number of carbonyl (C=O) groups is 1. The largest absolute Gasteiger partial charge is 0.495 e. The lowest BCUT2D eigenvalue weighted by atomic mass is 10.2. The second-order valence-corrected chi connectivity index (χ2v) is 7.76. The van der Waals surface area contributed by atoms with Crippen molar-refractivity contribution in [1.82, 2.24) is 4.31 Å². The lowest BCUT2D eigenvalue weighted by Gasteiger charge is -2.19. The molecule has 1 amide bonds. The minimum absolute atomic E-state index is 0.0646. The second kappa shape index (κ2) is 9.48. The van der Waals surface area contributed by atoms with E-state index < -0.39 is 15.9 Å². The van der Waals surface area contributed by atoms with E-state index >= 15 is 0 Å². The topological polar surface area (TPSA) is 75.7 Å². The fourth-order valence-corrected chi connectivity index (χ4v) is 4.06. The number of nitrogens with zero attached hydrogens (tertiary/aromatic N) is 1. The molecule has 2 rings (SSSR count). The first kappa shape index (κ1) is 21.6. The Kier molecular flexibility index (Phi) is 7.31. The van der Waals surface area contributed by atoms with Gasteiger partial charge in [-0.2, -0.15) is 4.31 Å². The molecule has 150 valence electrons. The molecule has 6 nitrogen and oxygen atoms in total. The lowest BCUT2D eigenvalue weighted by Crippen LogP contribution is -2.30. The molecule has 0 unspecified atom stereocenters. The summed E-state index contributed by atoms with van der Waals surface area (Å²) in [4.78, 5) is 12.3. The molecular formula is C20H23FN2O4S. The number of hydrogen-bond acceptors (Lipinski definition) is 4. The Balaban J connectivity index is 2.26. The summed E-state index contributed by atoms with van der Waals surface area (Å²) in [5.41, 5.74) is 0.894. The van der Waals surface area contributed by atoms with Gasteiger partial charge in [-0.3, -0.25) is 4.79 Å². The molecule has 1 N–H and O–H groups in total. The van der Waals surface area contributed by atoms with Gasteiger partial charge in [-0.1, -0.05) is 26.0 Å². The van der Waals surface area contributed by atoms with Crippen molar-refractivity contribution in [2.75, 3.05) is 25.5 Å². The van der Waals surface area contributed by atoms with E-state index in [1.807, 2.05) is 0 Å². The zero-order valence-electron chi connectivity index (χ0n) is 16.0. The minimum Gasteiger partial charge on any atom is -0.495 e. The number of carbonyl (C=O) groups excluding carboxylic acids is 1. The van der Waals surface area contributed by atoms with E-state index in [1.165, 1.54) is 66.0 Å². The Morgan fingerprint density at radius 3 is 2.36 bits per heavy atom. The van der Waals surface area contributed by atoms with Crippen molar-refractivity contribution in [2.45, 2.75) is 18.7 Å². The first-order valence-corrected chi connectivity index (χ1v) is 10.2. The average Bonchev–Trinajstić information content (AvgIpc) is 2.68. The number of nitrogens with one attached hydrogen (secondary N) is 1. The van der Waals surface area contributed by atoms with Crippen LogP contribution in [0.3, 0.4) is 0 Å². The van der Waals surface area contributed by atoms with Gasteiger partial charge in [0.15, 0.2) is 0 Å². The van der Waals surface area contributed by atoms with Crippen molar-refractivity contribution in [3.8, 4) is 5.75 Å². The molecule has 0 radical (unpaired) electrons. The van der Waals surface area contributed by atoms with Gasteiger partial charge in [0.1, 0.15) is 11.6 Å². The third kappa shape index (κ3) is 5.17. The molecule has 0 bridgehead atoms. The number of hydrogen-bond donors (Lipinski definition) is 1. The average molecular weight is 406 g/mol. The summed E-state index contributed by atoms with van der Waals surface area (Å²) in [7, 11) is -2.24. The number of amides is 1. The normalized spacial score (nSPS) is 11.8. The van der Waals surface area contributed by atoms with Crippen molar-refractivity contribution in [2.24, 2.45) is 0 Å². The quantitative estimate of drug-likeness (QED) is 0.681. The highest BCUT2D eigenvalue weighted by Crippen LogP contribution is 2.29. The lowest BCUT2D eigenvalue weighted by molar-refractivity contribution is -0.111. The van der Waals surface area contributed by atoms with Gasteiger partial charge < -0.3 is 10.1 Å². The summed E-state index contributed by atoms with van der Waals surface area (Å²) in [5.74, 6) is -0.500. The van der Waals surface area contributed by atoms with Gasteiger partial charge in [0.2, 0.25) is 15.9 Å². The van der Waals surface area contributed by atoms with Crippen molar-refractivity contribution in [1.29, 1.82) is 0 Å². The molecule has 0 aliphatic heterocycles. The summed E-state index contributed by atoms with van der Waals surface area (Å²) in [6.45, 7) is 4.20. The van der Waals surface area contributed by atoms with Gasteiger partial charge in [-0.05, 0) is 42.0 Å². The van der Waals surface area contributed by atoms with Crippen LogP contribution in [0.15, 0.2) is 53.4 Å². The molecule has 28 heavy (non-hydrogen) atoms. The van der Waals surface area contributed by atoms with Crippen LogP contribution in [0.25, 0.3) is 6.08 Å². The highest BCUT2D eigenvalue weighted by Gasteiger charge is 2.23. The van der Waals surface area contributed by atoms with Crippen LogP contribution in [0.2, 0.25) is 0 Å². The number of halogens is 1. The first-order valence-electron chi connectivity index (χ1n) is 8.74. The van der Waals surface area contributed by atoms with E-state index in [0.29, 0.717) is 24.4 Å². The Labute approximate surface area is 164 Å². The predicted molar refractivity (Wildman–Crippen MR) is 107 cm³/mol. The molecule has 0 spiro atoms. The number of sulfonamides is 1. The molecule has 0 aliphatic rings. The SMILES string of the molecule is CCN(CC)S(=O)(=O)c1ccc(OC)c(NC(=O)/C=C/c2ccc(F)cc2)c1. The molecule has 0 aliphatic carbocycles. The predicted octanol–water partition coefficient (Wildman–Crippen LogP) is 3.52. The Morgan fingerprint density at radius 2 is 1.79 bits per heavy atom. The number of benzene rings is 2. The van der Waals surface area contributed by atoms with Gasteiger partial charge in [-0.15, -0.1) is 0 Å². The van der Waals surface area contributed by atoms with E-state index in [2.05, 4.69) is 5.32 Å². The molecule has 0 aromatic heterocycles. The number of rotatable bonds is 8. The number of ether oxygens (including phenoxy) is 1. The fraction of sp³-hybridized carbons (Fsp3) is 0.250. The fourth-order valence-electron chi connectivity index (χ4n) is 2.58. The Hall–Kier alpha value is -2.71. The zero-order valence-corrected chi connectivity index (χ0v) is 16.8. The molecule has 8 heteroatoms. The van der Waals surface area contributed by atoms with Crippen LogP contribution >= 0.6 is 0 Å². The Bertz CT molecular complexity index is 953. The van der Waals surface area contributed by atoms with Crippen LogP contribution in [-0.4, -0.2) is 38.8 Å². The second-order valence-electron chi connectivity index (χ2n) is 5.83. The van der Waals surface area contributed by atoms with Crippen LogP contribution < -0.4 is 10.1 Å². The van der Waals surface area contributed by atoms with Crippen LogP contribution in [0, 0.1) is 5.82 Å². The summed E-state index contributed by atoms with van der Waals surface area (Å²) in [6.07, 6.45) is 2.80. The minimum atomic E-state index is -3.67. The highest BCUT2D eigenvalue weighted by molar-refractivity contribution is 7.89. The van der Waals surface area contributed by atoms with Gasteiger partial charge in [-0.25, -0.2) is 12.8 Å². The summed E-state index contributed by atoms with van der Waals surface area (Å²) in [5, 5.41) is 2.62.